The normalized spacial score (nSPS) is 11.3. The Morgan fingerprint density at radius 1 is 0.560 bits per heavy atom. The van der Waals surface area contributed by atoms with Gasteiger partial charge in [0.2, 0.25) is 0 Å². The highest BCUT2D eigenvalue weighted by molar-refractivity contribution is 4.83. The van der Waals surface area contributed by atoms with Crippen molar-refractivity contribution in [3.05, 3.63) is 51.4 Å². The molecular weight excluding hydrogens is 320 g/mol. The van der Waals surface area contributed by atoms with Gasteiger partial charge in [0.15, 0.2) is 0 Å². The van der Waals surface area contributed by atoms with Crippen molar-refractivity contribution < 1.29 is 23.7 Å². The van der Waals surface area contributed by atoms with E-state index in [-0.39, 0.29) is 10.8 Å². The highest BCUT2D eigenvalue weighted by atomic mass is 16.5. The van der Waals surface area contributed by atoms with Crippen LogP contribution in [0, 0.1) is 10.8 Å². The van der Waals surface area contributed by atoms with Crippen LogP contribution in [0.15, 0.2) is 51.4 Å². The first-order valence-corrected chi connectivity index (χ1v) is 8.55. The topological polar surface area (TPSA) is 46.2 Å². The van der Waals surface area contributed by atoms with Gasteiger partial charge in [0.05, 0.1) is 75.5 Å². The zero-order valence-corrected chi connectivity index (χ0v) is 15.8. The summed E-state index contributed by atoms with van der Waals surface area (Å²) >= 11 is 0. The Balaban J connectivity index is 4.93. The molecule has 0 amide bonds. The molecule has 0 atom stereocenters. The molecule has 0 N–H and O–H groups in total. The summed E-state index contributed by atoms with van der Waals surface area (Å²) in [5.74, 6) is 0. The summed E-state index contributed by atoms with van der Waals surface area (Å²) < 4.78 is 27.8. The highest BCUT2D eigenvalue weighted by Crippen LogP contribution is 2.28. The van der Waals surface area contributed by atoms with E-state index in [1.165, 1.54) is 25.0 Å². The summed E-state index contributed by atoms with van der Waals surface area (Å²) in [5.41, 5.74) is -0.555. The van der Waals surface area contributed by atoms with E-state index in [0.717, 1.165) is 12.8 Å². The number of hydrogen-bond acceptors (Lipinski definition) is 5. The number of ether oxygens (including phenoxy) is 5. The van der Waals surface area contributed by atoms with Gasteiger partial charge < -0.3 is 23.7 Å². The van der Waals surface area contributed by atoms with E-state index in [0.29, 0.717) is 39.6 Å². The van der Waals surface area contributed by atoms with E-state index in [1.807, 2.05) is 0 Å². The zero-order valence-electron chi connectivity index (χ0n) is 15.8. The Bertz CT molecular complexity index is 332. The maximum Gasteiger partial charge on any atom is 0.0984 e. The van der Waals surface area contributed by atoms with Crippen LogP contribution in [0.2, 0.25) is 0 Å². The van der Waals surface area contributed by atoms with E-state index in [9.17, 15) is 0 Å². The van der Waals surface area contributed by atoms with Gasteiger partial charge in [-0.25, -0.2) is 0 Å². The first kappa shape index (κ1) is 23.1. The Hall–Kier alpha value is -1.88. The van der Waals surface area contributed by atoms with Gasteiger partial charge in [-0.3, -0.25) is 0 Å². The van der Waals surface area contributed by atoms with Crippen LogP contribution in [0.3, 0.4) is 0 Å². The minimum absolute atomic E-state index is 0.277. The first-order chi connectivity index (χ1) is 12.1. The molecule has 0 aromatic rings. The second kappa shape index (κ2) is 13.4. The van der Waals surface area contributed by atoms with Crippen molar-refractivity contribution in [1.29, 1.82) is 0 Å². The SMILES string of the molecule is C=COCC(CC)(COC=C)COCC(CC)(COC=C)COC=C. The lowest BCUT2D eigenvalue weighted by atomic mass is 9.86. The van der Waals surface area contributed by atoms with Crippen molar-refractivity contribution in [2.75, 3.05) is 39.6 Å². The maximum atomic E-state index is 6.08. The predicted molar refractivity (Wildman–Crippen MR) is 101 cm³/mol. The Labute approximate surface area is 152 Å². The number of hydrogen-bond donors (Lipinski definition) is 0. The molecule has 0 aliphatic rings. The molecule has 5 heteroatoms. The molecule has 144 valence electrons. The number of rotatable bonds is 18. The van der Waals surface area contributed by atoms with Crippen molar-refractivity contribution in [2.45, 2.75) is 26.7 Å². The third-order valence-electron chi connectivity index (χ3n) is 4.35. The molecule has 0 rings (SSSR count). The summed E-state index contributed by atoms with van der Waals surface area (Å²) in [6.45, 7) is 21.4. The largest absolute Gasteiger partial charge is 0.501 e. The average molecular weight is 354 g/mol. The van der Waals surface area contributed by atoms with Gasteiger partial charge in [0.1, 0.15) is 0 Å². The fourth-order valence-electron chi connectivity index (χ4n) is 2.29. The van der Waals surface area contributed by atoms with E-state index >= 15 is 0 Å². The van der Waals surface area contributed by atoms with Gasteiger partial charge in [-0.15, -0.1) is 0 Å². The van der Waals surface area contributed by atoms with Crippen molar-refractivity contribution in [2.24, 2.45) is 10.8 Å². The molecule has 0 aromatic carbocycles. The van der Waals surface area contributed by atoms with E-state index in [1.54, 1.807) is 0 Å². The first-order valence-electron chi connectivity index (χ1n) is 8.55. The standard InChI is InChI=1S/C20H34O5/c1-7-19(13-21-9-3,14-22-10-4)17-25-18-20(8-2,15-23-11-5)16-24-12-6/h9-12H,3-8,13-18H2,1-2H3. The smallest absolute Gasteiger partial charge is 0.0984 e. The van der Waals surface area contributed by atoms with Crippen LogP contribution in [0.25, 0.3) is 0 Å². The van der Waals surface area contributed by atoms with Gasteiger partial charge in [-0.05, 0) is 12.8 Å². The Morgan fingerprint density at radius 3 is 1.04 bits per heavy atom. The molecule has 0 aliphatic heterocycles. The lowest BCUT2D eigenvalue weighted by Crippen LogP contribution is -2.40. The minimum atomic E-state index is -0.277. The molecule has 0 fully saturated rings. The maximum absolute atomic E-state index is 6.08. The predicted octanol–water partition coefficient (Wildman–Crippen LogP) is 4.44. The summed E-state index contributed by atoms with van der Waals surface area (Å²) in [6, 6.07) is 0. The van der Waals surface area contributed by atoms with E-state index < -0.39 is 0 Å². The lowest BCUT2D eigenvalue weighted by Gasteiger charge is -2.35. The van der Waals surface area contributed by atoms with Crippen molar-refractivity contribution >= 4 is 0 Å². The summed E-state index contributed by atoms with van der Waals surface area (Å²) in [7, 11) is 0. The molecule has 0 aromatic heterocycles. The van der Waals surface area contributed by atoms with Gasteiger partial charge in [0, 0.05) is 0 Å². The van der Waals surface area contributed by atoms with Crippen LogP contribution >= 0.6 is 0 Å². The molecule has 0 saturated carbocycles. The van der Waals surface area contributed by atoms with Crippen molar-refractivity contribution in [1.82, 2.24) is 0 Å². The van der Waals surface area contributed by atoms with Crippen LogP contribution in [-0.2, 0) is 23.7 Å². The second-order valence-corrected chi connectivity index (χ2v) is 6.11. The fourth-order valence-corrected chi connectivity index (χ4v) is 2.29. The Morgan fingerprint density at radius 2 is 0.840 bits per heavy atom. The van der Waals surface area contributed by atoms with Crippen LogP contribution in [0.1, 0.15) is 26.7 Å². The summed E-state index contributed by atoms with van der Waals surface area (Å²) in [6.07, 6.45) is 7.41. The molecule has 0 spiro atoms. The molecule has 0 unspecified atom stereocenters. The Kier molecular flexibility index (Phi) is 12.4. The molecule has 0 aliphatic carbocycles. The molecule has 0 radical (unpaired) electrons. The van der Waals surface area contributed by atoms with Gasteiger partial charge in [0.25, 0.3) is 0 Å². The quantitative estimate of drug-likeness (QED) is 0.341. The highest BCUT2D eigenvalue weighted by Gasteiger charge is 2.34. The third-order valence-corrected chi connectivity index (χ3v) is 4.35. The zero-order chi connectivity index (χ0) is 19.0. The van der Waals surface area contributed by atoms with E-state index in [2.05, 4.69) is 40.2 Å². The van der Waals surface area contributed by atoms with Crippen molar-refractivity contribution in [3.8, 4) is 0 Å². The third kappa shape index (κ3) is 8.68. The molecule has 25 heavy (non-hydrogen) atoms. The molecule has 0 bridgehead atoms. The molecule has 0 heterocycles. The van der Waals surface area contributed by atoms with Crippen LogP contribution < -0.4 is 0 Å². The lowest BCUT2D eigenvalue weighted by molar-refractivity contribution is -0.0832. The fraction of sp³-hybridized carbons (Fsp3) is 0.600. The van der Waals surface area contributed by atoms with Gasteiger partial charge in [-0.1, -0.05) is 40.2 Å². The van der Waals surface area contributed by atoms with Crippen molar-refractivity contribution in [3.63, 3.8) is 0 Å². The van der Waals surface area contributed by atoms with Crippen LogP contribution in [-0.4, -0.2) is 39.6 Å². The van der Waals surface area contributed by atoms with Gasteiger partial charge >= 0.3 is 0 Å². The monoisotopic (exact) mass is 354 g/mol. The average Bonchev–Trinajstić information content (AvgIpc) is 2.65. The van der Waals surface area contributed by atoms with E-state index in [4.69, 9.17) is 23.7 Å². The molecular formula is C20H34O5. The van der Waals surface area contributed by atoms with Gasteiger partial charge in [-0.2, -0.15) is 0 Å². The minimum Gasteiger partial charge on any atom is -0.501 e. The van der Waals surface area contributed by atoms with Crippen LogP contribution in [0.5, 0.6) is 0 Å². The molecule has 5 nitrogen and oxygen atoms in total. The second-order valence-electron chi connectivity index (χ2n) is 6.11. The summed E-state index contributed by atoms with van der Waals surface area (Å²) in [4.78, 5) is 0. The van der Waals surface area contributed by atoms with Crippen LogP contribution in [0.4, 0.5) is 0 Å². The summed E-state index contributed by atoms with van der Waals surface area (Å²) in [5, 5.41) is 0. The molecule has 0 saturated heterocycles.